The Bertz CT molecular complexity index is 784. The number of aryl methyl sites for hydroxylation is 1. The van der Waals surface area contributed by atoms with E-state index in [9.17, 15) is 4.79 Å². The number of nitrogens with zero attached hydrogens (tertiary/aromatic N) is 3. The lowest BCUT2D eigenvalue weighted by molar-refractivity contribution is 0.0920. The molecule has 6 heteroatoms. The molecule has 0 spiro atoms. The number of fused-ring (bicyclic) bond motifs is 1. The van der Waals surface area contributed by atoms with E-state index in [0.29, 0.717) is 11.6 Å². The highest BCUT2D eigenvalue weighted by atomic mass is 16.2. The third-order valence-corrected chi connectivity index (χ3v) is 3.80. The minimum Gasteiger partial charge on any atom is -0.341 e. The van der Waals surface area contributed by atoms with Gasteiger partial charge in [-0.15, -0.1) is 0 Å². The number of amides is 1. The van der Waals surface area contributed by atoms with Crippen molar-refractivity contribution in [1.82, 2.24) is 25.1 Å². The molecule has 3 rings (SSSR count). The van der Waals surface area contributed by atoms with Crippen LogP contribution in [0.3, 0.4) is 0 Å². The van der Waals surface area contributed by atoms with Gasteiger partial charge in [-0.3, -0.25) is 9.48 Å². The predicted molar refractivity (Wildman–Crippen MR) is 89.0 cm³/mol. The maximum atomic E-state index is 12.5. The topological polar surface area (TPSA) is 75.6 Å². The van der Waals surface area contributed by atoms with Crippen LogP contribution in [0.5, 0.6) is 0 Å². The van der Waals surface area contributed by atoms with E-state index in [4.69, 9.17) is 0 Å². The molecule has 1 amide bonds. The second kappa shape index (κ2) is 6.24. The first-order chi connectivity index (χ1) is 11.0. The number of carbonyl (C=O) groups excluding carboxylic acids is 1. The number of aromatic amines is 1. The normalized spacial score (nSPS) is 12.7. The second-order valence-corrected chi connectivity index (χ2v) is 6.13. The highest BCUT2D eigenvalue weighted by molar-refractivity contribution is 5.92. The fourth-order valence-electron chi connectivity index (χ4n) is 2.68. The Morgan fingerprint density at radius 3 is 2.74 bits per heavy atom. The smallest absolute Gasteiger partial charge is 0.270 e. The molecule has 0 bridgehead atoms. The molecule has 2 heterocycles. The van der Waals surface area contributed by atoms with Crippen molar-refractivity contribution in [3.63, 3.8) is 0 Å². The first kappa shape index (κ1) is 15.3. The highest BCUT2D eigenvalue weighted by Crippen LogP contribution is 2.22. The van der Waals surface area contributed by atoms with Gasteiger partial charge in [0.15, 0.2) is 0 Å². The number of imidazole rings is 1. The molecule has 1 unspecified atom stereocenters. The van der Waals surface area contributed by atoms with Crippen molar-refractivity contribution in [3.8, 4) is 0 Å². The van der Waals surface area contributed by atoms with Gasteiger partial charge >= 0.3 is 0 Å². The van der Waals surface area contributed by atoms with E-state index < -0.39 is 0 Å². The van der Waals surface area contributed by atoms with Crippen LogP contribution in [0.15, 0.2) is 36.5 Å². The molecular formula is C17H21N5O. The largest absolute Gasteiger partial charge is 0.341 e. The molecule has 23 heavy (non-hydrogen) atoms. The van der Waals surface area contributed by atoms with E-state index in [1.54, 1.807) is 24.0 Å². The fourth-order valence-corrected chi connectivity index (χ4v) is 2.68. The van der Waals surface area contributed by atoms with Crippen molar-refractivity contribution in [2.24, 2.45) is 13.0 Å². The molecule has 0 saturated heterocycles. The van der Waals surface area contributed by atoms with E-state index >= 15 is 0 Å². The molecule has 2 aromatic heterocycles. The maximum absolute atomic E-state index is 12.5. The Balaban J connectivity index is 1.88. The summed E-state index contributed by atoms with van der Waals surface area (Å²) in [6, 6.07) is 9.42. The van der Waals surface area contributed by atoms with E-state index in [1.807, 2.05) is 24.3 Å². The lowest BCUT2D eigenvalue weighted by Gasteiger charge is -2.18. The summed E-state index contributed by atoms with van der Waals surface area (Å²) in [5.74, 6) is 1.08. The van der Waals surface area contributed by atoms with Gasteiger partial charge in [-0.1, -0.05) is 26.0 Å². The number of para-hydroxylation sites is 2. The summed E-state index contributed by atoms with van der Waals surface area (Å²) in [4.78, 5) is 20.4. The summed E-state index contributed by atoms with van der Waals surface area (Å²) >= 11 is 0. The Morgan fingerprint density at radius 1 is 1.30 bits per heavy atom. The third-order valence-electron chi connectivity index (χ3n) is 3.80. The lowest BCUT2D eigenvalue weighted by atomic mass is 10.0. The van der Waals surface area contributed by atoms with Gasteiger partial charge in [0.25, 0.3) is 5.91 Å². The van der Waals surface area contributed by atoms with Crippen molar-refractivity contribution >= 4 is 16.9 Å². The van der Waals surface area contributed by atoms with Gasteiger partial charge in [0.05, 0.1) is 17.1 Å². The molecule has 0 fully saturated rings. The van der Waals surface area contributed by atoms with Crippen LogP contribution in [-0.4, -0.2) is 25.7 Å². The molecule has 1 aromatic carbocycles. The molecule has 3 aromatic rings. The number of H-pyrrole nitrogens is 1. The number of aromatic nitrogens is 4. The van der Waals surface area contributed by atoms with Crippen molar-refractivity contribution in [3.05, 3.63) is 48.0 Å². The maximum Gasteiger partial charge on any atom is 0.270 e. The van der Waals surface area contributed by atoms with Gasteiger partial charge in [-0.05, 0) is 30.5 Å². The number of nitrogens with one attached hydrogen (secondary N) is 2. The van der Waals surface area contributed by atoms with Gasteiger partial charge < -0.3 is 10.3 Å². The Hall–Kier alpha value is -2.63. The second-order valence-electron chi connectivity index (χ2n) is 6.13. The monoisotopic (exact) mass is 311 g/mol. The van der Waals surface area contributed by atoms with Crippen LogP contribution in [0, 0.1) is 5.92 Å². The van der Waals surface area contributed by atoms with Gasteiger partial charge in [0.2, 0.25) is 0 Å². The molecule has 0 aliphatic carbocycles. The van der Waals surface area contributed by atoms with Crippen LogP contribution in [0.1, 0.15) is 42.6 Å². The molecular weight excluding hydrogens is 290 g/mol. The molecule has 0 radical (unpaired) electrons. The minimum atomic E-state index is -0.162. The average Bonchev–Trinajstić information content (AvgIpc) is 3.11. The lowest BCUT2D eigenvalue weighted by Crippen LogP contribution is -2.31. The van der Waals surface area contributed by atoms with Crippen LogP contribution < -0.4 is 5.32 Å². The van der Waals surface area contributed by atoms with Crippen molar-refractivity contribution < 1.29 is 4.79 Å². The van der Waals surface area contributed by atoms with Crippen LogP contribution in [0.2, 0.25) is 0 Å². The number of hydrogen-bond donors (Lipinski definition) is 2. The van der Waals surface area contributed by atoms with E-state index in [0.717, 1.165) is 23.3 Å². The Kier molecular flexibility index (Phi) is 4.14. The number of benzene rings is 1. The van der Waals surface area contributed by atoms with Gasteiger partial charge in [-0.2, -0.15) is 5.10 Å². The fraction of sp³-hybridized carbons (Fsp3) is 0.353. The standard InChI is InChI=1S/C17H21N5O/c1-11(2)10-14(21-17(23)15-8-9-18-22(15)3)16-19-12-6-4-5-7-13(12)20-16/h4-9,11,14H,10H2,1-3H3,(H,19,20)(H,21,23). The first-order valence-electron chi connectivity index (χ1n) is 7.78. The summed E-state index contributed by atoms with van der Waals surface area (Å²) in [6.45, 7) is 4.26. The van der Waals surface area contributed by atoms with E-state index in [2.05, 4.69) is 34.2 Å². The van der Waals surface area contributed by atoms with E-state index in [-0.39, 0.29) is 11.9 Å². The third kappa shape index (κ3) is 3.26. The van der Waals surface area contributed by atoms with Gasteiger partial charge in [0, 0.05) is 13.2 Å². The SMILES string of the molecule is CC(C)CC(NC(=O)c1ccnn1C)c1nc2ccccc2[nH]1. The molecule has 0 aliphatic heterocycles. The zero-order valence-corrected chi connectivity index (χ0v) is 13.6. The molecule has 0 saturated carbocycles. The van der Waals surface area contributed by atoms with Crippen LogP contribution in [0.25, 0.3) is 11.0 Å². The molecule has 120 valence electrons. The van der Waals surface area contributed by atoms with Crippen molar-refractivity contribution in [1.29, 1.82) is 0 Å². The predicted octanol–water partition coefficient (Wildman–Crippen LogP) is 2.81. The summed E-state index contributed by atoms with van der Waals surface area (Å²) in [6.07, 6.45) is 2.43. The molecule has 6 nitrogen and oxygen atoms in total. The van der Waals surface area contributed by atoms with Crippen LogP contribution in [-0.2, 0) is 7.05 Å². The Labute approximate surface area is 134 Å². The minimum absolute atomic E-state index is 0.142. The van der Waals surface area contributed by atoms with Crippen molar-refractivity contribution in [2.75, 3.05) is 0 Å². The van der Waals surface area contributed by atoms with Crippen molar-refractivity contribution in [2.45, 2.75) is 26.3 Å². The summed E-state index contributed by atoms with van der Waals surface area (Å²) in [7, 11) is 1.76. The Morgan fingerprint density at radius 2 is 2.09 bits per heavy atom. The quantitative estimate of drug-likeness (QED) is 0.761. The average molecular weight is 311 g/mol. The molecule has 0 aliphatic rings. The summed E-state index contributed by atoms with van der Waals surface area (Å²) in [5.41, 5.74) is 2.42. The zero-order valence-electron chi connectivity index (χ0n) is 13.6. The van der Waals surface area contributed by atoms with Gasteiger partial charge in [0.1, 0.15) is 11.5 Å². The van der Waals surface area contributed by atoms with Gasteiger partial charge in [-0.25, -0.2) is 4.98 Å². The number of carbonyl (C=O) groups is 1. The molecule has 2 N–H and O–H groups in total. The van der Waals surface area contributed by atoms with Crippen LogP contribution >= 0.6 is 0 Å². The van der Waals surface area contributed by atoms with E-state index in [1.165, 1.54) is 0 Å². The summed E-state index contributed by atoms with van der Waals surface area (Å²) < 4.78 is 1.57. The molecule has 1 atom stereocenters. The number of hydrogen-bond acceptors (Lipinski definition) is 3. The zero-order chi connectivity index (χ0) is 16.4. The first-order valence-corrected chi connectivity index (χ1v) is 7.78. The highest BCUT2D eigenvalue weighted by Gasteiger charge is 2.21. The van der Waals surface area contributed by atoms with Crippen LogP contribution in [0.4, 0.5) is 0 Å². The number of rotatable bonds is 5. The summed E-state index contributed by atoms with van der Waals surface area (Å²) in [5, 5.41) is 7.12.